The lowest BCUT2D eigenvalue weighted by Crippen LogP contribution is -2.31. The minimum Gasteiger partial charge on any atom is -0.465 e. The van der Waals surface area contributed by atoms with Gasteiger partial charge in [-0.1, -0.05) is 0 Å². The molecule has 19 heavy (non-hydrogen) atoms. The second-order valence-corrected chi connectivity index (χ2v) is 5.12. The number of methoxy groups -OCH3 is 1. The van der Waals surface area contributed by atoms with Gasteiger partial charge in [0.15, 0.2) is 0 Å². The highest BCUT2D eigenvalue weighted by Crippen LogP contribution is 2.26. The third-order valence-corrected chi connectivity index (χ3v) is 3.70. The van der Waals surface area contributed by atoms with Gasteiger partial charge in [0.2, 0.25) is 0 Å². The van der Waals surface area contributed by atoms with Crippen molar-refractivity contribution < 1.29 is 9.53 Å². The Morgan fingerprint density at radius 3 is 2.79 bits per heavy atom. The summed E-state index contributed by atoms with van der Waals surface area (Å²) in [5, 5.41) is 0. The smallest absolute Gasteiger partial charge is 0.340 e. The predicted octanol–water partition coefficient (Wildman–Crippen LogP) is 1.20. The summed E-state index contributed by atoms with van der Waals surface area (Å²) in [5.74, 6) is -0.386. The van der Waals surface area contributed by atoms with Gasteiger partial charge in [-0.15, -0.1) is 0 Å². The molecule has 1 aromatic rings. The number of nitrogens with two attached hydrogens (primary N) is 1. The number of benzene rings is 1. The van der Waals surface area contributed by atoms with E-state index in [1.165, 1.54) is 7.11 Å². The molecule has 1 aliphatic rings. The number of hydrogen-bond acceptors (Lipinski definition) is 5. The van der Waals surface area contributed by atoms with Crippen molar-refractivity contribution in [3.05, 3.63) is 23.8 Å². The van der Waals surface area contributed by atoms with E-state index in [1.807, 2.05) is 12.1 Å². The van der Waals surface area contributed by atoms with Crippen molar-refractivity contribution in [1.29, 1.82) is 0 Å². The maximum absolute atomic E-state index is 11.6. The lowest BCUT2D eigenvalue weighted by Gasteiger charge is -2.22. The van der Waals surface area contributed by atoms with E-state index in [2.05, 4.69) is 23.9 Å². The molecule has 0 bridgehead atoms. The van der Waals surface area contributed by atoms with E-state index < -0.39 is 0 Å². The Balaban J connectivity index is 2.20. The molecule has 104 valence electrons. The molecular weight excluding hydrogens is 242 g/mol. The van der Waals surface area contributed by atoms with Crippen molar-refractivity contribution in [1.82, 2.24) is 4.90 Å². The zero-order valence-electron chi connectivity index (χ0n) is 11.7. The van der Waals surface area contributed by atoms with Gasteiger partial charge < -0.3 is 20.3 Å². The van der Waals surface area contributed by atoms with E-state index in [-0.39, 0.29) is 5.97 Å². The first kappa shape index (κ1) is 13.7. The maximum Gasteiger partial charge on any atom is 0.340 e. The molecule has 0 aliphatic carbocycles. The van der Waals surface area contributed by atoms with Crippen LogP contribution in [0.5, 0.6) is 0 Å². The number of carbonyl (C=O) groups excluding carboxylic acids is 1. The maximum atomic E-state index is 11.6. The molecule has 1 heterocycles. The number of anilines is 2. The van der Waals surface area contributed by atoms with Crippen LogP contribution in [-0.4, -0.2) is 51.2 Å². The highest BCUT2D eigenvalue weighted by molar-refractivity contribution is 5.96. The van der Waals surface area contributed by atoms with Crippen LogP contribution in [0, 0.1) is 0 Å². The number of nitrogens with zero attached hydrogens (tertiary/aromatic N) is 2. The fourth-order valence-corrected chi connectivity index (χ4v) is 2.43. The van der Waals surface area contributed by atoms with Gasteiger partial charge in [-0.3, -0.25) is 0 Å². The fourth-order valence-electron chi connectivity index (χ4n) is 2.43. The van der Waals surface area contributed by atoms with Crippen LogP contribution in [0.1, 0.15) is 16.8 Å². The van der Waals surface area contributed by atoms with Crippen LogP contribution in [0.25, 0.3) is 0 Å². The average Bonchev–Trinajstić information content (AvgIpc) is 2.88. The van der Waals surface area contributed by atoms with E-state index in [9.17, 15) is 4.79 Å². The zero-order chi connectivity index (χ0) is 14.0. The van der Waals surface area contributed by atoms with Crippen LogP contribution < -0.4 is 10.6 Å². The van der Waals surface area contributed by atoms with Crippen molar-refractivity contribution in [3.8, 4) is 0 Å². The van der Waals surface area contributed by atoms with Crippen LogP contribution >= 0.6 is 0 Å². The summed E-state index contributed by atoms with van der Waals surface area (Å²) in [5.41, 5.74) is 7.73. The van der Waals surface area contributed by atoms with Crippen LogP contribution in [-0.2, 0) is 4.74 Å². The monoisotopic (exact) mass is 263 g/mol. The number of nitrogen functional groups attached to an aromatic ring is 1. The molecule has 5 nitrogen and oxygen atoms in total. The first-order valence-electron chi connectivity index (χ1n) is 6.42. The van der Waals surface area contributed by atoms with Crippen molar-refractivity contribution in [2.24, 2.45) is 0 Å². The Morgan fingerprint density at radius 1 is 1.47 bits per heavy atom. The van der Waals surface area contributed by atoms with Gasteiger partial charge in [-0.05, 0) is 38.7 Å². The lowest BCUT2D eigenvalue weighted by molar-refractivity contribution is 0.0602. The molecule has 1 atom stereocenters. The number of ether oxygens (including phenoxy) is 1. The highest BCUT2D eigenvalue weighted by atomic mass is 16.5. The zero-order valence-corrected chi connectivity index (χ0v) is 11.7. The molecule has 2 N–H and O–H groups in total. The van der Waals surface area contributed by atoms with E-state index in [1.54, 1.807) is 6.07 Å². The van der Waals surface area contributed by atoms with Crippen LogP contribution in [0.4, 0.5) is 11.4 Å². The first-order valence-corrected chi connectivity index (χ1v) is 6.42. The predicted molar refractivity (Wildman–Crippen MR) is 76.5 cm³/mol. The third kappa shape index (κ3) is 2.81. The molecule has 1 aromatic carbocycles. The van der Waals surface area contributed by atoms with Gasteiger partial charge in [0.25, 0.3) is 0 Å². The summed E-state index contributed by atoms with van der Waals surface area (Å²) in [6, 6.07) is 6.10. The molecule has 1 saturated heterocycles. The number of rotatable bonds is 3. The Hall–Kier alpha value is -1.75. The molecule has 0 radical (unpaired) electrons. The SMILES string of the molecule is COC(=O)c1cc(N2CCC(N(C)C)C2)ccc1N. The lowest BCUT2D eigenvalue weighted by atomic mass is 10.1. The number of carbonyl (C=O) groups is 1. The topological polar surface area (TPSA) is 58.8 Å². The van der Waals surface area contributed by atoms with Gasteiger partial charge >= 0.3 is 5.97 Å². The van der Waals surface area contributed by atoms with Gasteiger partial charge in [-0.25, -0.2) is 4.79 Å². The molecule has 0 saturated carbocycles. The molecule has 1 unspecified atom stereocenters. The summed E-state index contributed by atoms with van der Waals surface area (Å²) >= 11 is 0. The second-order valence-electron chi connectivity index (χ2n) is 5.12. The Morgan fingerprint density at radius 2 is 2.21 bits per heavy atom. The van der Waals surface area contributed by atoms with Gasteiger partial charge in [0, 0.05) is 30.5 Å². The molecule has 0 amide bonds. The molecule has 5 heteroatoms. The number of hydrogen-bond donors (Lipinski definition) is 1. The highest BCUT2D eigenvalue weighted by Gasteiger charge is 2.25. The number of esters is 1. The van der Waals surface area contributed by atoms with Gasteiger partial charge in [0.1, 0.15) is 0 Å². The summed E-state index contributed by atoms with van der Waals surface area (Å²) in [6.07, 6.45) is 1.13. The third-order valence-electron chi connectivity index (χ3n) is 3.70. The Kier molecular flexibility index (Phi) is 3.95. The van der Waals surface area contributed by atoms with E-state index in [0.29, 0.717) is 17.3 Å². The summed E-state index contributed by atoms with van der Waals surface area (Å²) < 4.78 is 4.75. The Labute approximate surface area is 113 Å². The summed E-state index contributed by atoms with van der Waals surface area (Å²) in [4.78, 5) is 16.2. The summed E-state index contributed by atoms with van der Waals surface area (Å²) in [7, 11) is 5.56. The van der Waals surface area contributed by atoms with Crippen LogP contribution in [0.2, 0.25) is 0 Å². The molecule has 1 fully saturated rings. The van der Waals surface area contributed by atoms with E-state index in [0.717, 1.165) is 25.2 Å². The molecule has 0 aromatic heterocycles. The van der Waals surface area contributed by atoms with Gasteiger partial charge in [0.05, 0.1) is 12.7 Å². The average molecular weight is 263 g/mol. The molecule has 0 spiro atoms. The molecular formula is C14H21N3O2. The fraction of sp³-hybridized carbons (Fsp3) is 0.500. The normalized spacial score (nSPS) is 18.9. The minimum atomic E-state index is -0.386. The van der Waals surface area contributed by atoms with Crippen LogP contribution in [0.15, 0.2) is 18.2 Å². The second kappa shape index (κ2) is 5.48. The molecule has 1 aliphatic heterocycles. The van der Waals surface area contributed by atoms with Crippen molar-refractivity contribution in [3.63, 3.8) is 0 Å². The molecule has 2 rings (SSSR count). The van der Waals surface area contributed by atoms with Crippen molar-refractivity contribution >= 4 is 17.3 Å². The summed E-state index contributed by atoms with van der Waals surface area (Å²) in [6.45, 7) is 1.96. The van der Waals surface area contributed by atoms with Gasteiger partial charge in [-0.2, -0.15) is 0 Å². The van der Waals surface area contributed by atoms with Crippen molar-refractivity contribution in [2.45, 2.75) is 12.5 Å². The number of likely N-dealkylation sites (N-methyl/N-ethyl adjacent to an activating group) is 1. The standard InChI is InChI=1S/C14H21N3O2/c1-16(2)11-6-7-17(9-11)10-4-5-13(15)12(8-10)14(18)19-3/h4-5,8,11H,6-7,9,15H2,1-3H3. The van der Waals surface area contributed by atoms with E-state index in [4.69, 9.17) is 10.5 Å². The largest absolute Gasteiger partial charge is 0.465 e. The van der Waals surface area contributed by atoms with E-state index >= 15 is 0 Å². The van der Waals surface area contributed by atoms with Crippen molar-refractivity contribution in [2.75, 3.05) is 44.9 Å². The Bertz CT molecular complexity index is 474. The quantitative estimate of drug-likeness (QED) is 0.656. The first-order chi connectivity index (χ1) is 9.02. The van der Waals surface area contributed by atoms with Crippen LogP contribution in [0.3, 0.4) is 0 Å². The minimum absolute atomic E-state index is 0.386.